The molecular formula is C12H24N2O3S. The largest absolute Gasteiger partial charge is 0.338 e. The highest BCUT2D eigenvalue weighted by Crippen LogP contribution is 2.13. The van der Waals surface area contributed by atoms with Crippen molar-refractivity contribution in [3.8, 4) is 0 Å². The smallest absolute Gasteiger partial charge is 0.240 e. The second-order valence-corrected chi connectivity index (χ2v) is 7.72. The summed E-state index contributed by atoms with van der Waals surface area (Å²) < 4.78 is 22.9. The molecule has 1 fully saturated rings. The Kier molecular flexibility index (Phi) is 5.16. The van der Waals surface area contributed by atoms with Crippen molar-refractivity contribution >= 4 is 15.7 Å². The van der Waals surface area contributed by atoms with Crippen LogP contribution in [0.4, 0.5) is 0 Å². The molecule has 0 bridgehead atoms. The van der Waals surface area contributed by atoms with E-state index < -0.39 is 15.1 Å². The Bertz CT molecular complexity index is 386. The molecule has 0 aromatic rings. The Labute approximate surface area is 110 Å². The average Bonchev–Trinajstić information content (AvgIpc) is 2.74. The van der Waals surface area contributed by atoms with Crippen LogP contribution in [0, 0.1) is 0 Å². The number of carbonyl (C=O) groups is 1. The van der Waals surface area contributed by atoms with Crippen LogP contribution in [0.1, 0.15) is 33.6 Å². The van der Waals surface area contributed by atoms with Gasteiger partial charge in [-0.2, -0.15) is 0 Å². The van der Waals surface area contributed by atoms with Crippen molar-refractivity contribution in [2.75, 3.05) is 19.3 Å². The molecule has 0 aromatic heterocycles. The highest BCUT2D eigenvalue weighted by atomic mass is 32.2. The molecule has 1 rings (SSSR count). The molecule has 0 saturated carbocycles. The van der Waals surface area contributed by atoms with Crippen LogP contribution in [-0.4, -0.2) is 55.9 Å². The second-order valence-electron chi connectivity index (χ2n) is 5.35. The maximum Gasteiger partial charge on any atom is 0.240 e. The monoisotopic (exact) mass is 276 g/mol. The van der Waals surface area contributed by atoms with Gasteiger partial charge in [0.2, 0.25) is 5.91 Å². The van der Waals surface area contributed by atoms with Crippen molar-refractivity contribution in [2.45, 2.75) is 50.9 Å². The molecule has 1 aliphatic heterocycles. The first-order valence-electron chi connectivity index (χ1n) is 6.46. The summed E-state index contributed by atoms with van der Waals surface area (Å²) in [5.41, 5.74) is 0. The molecule has 0 spiro atoms. The van der Waals surface area contributed by atoms with Crippen molar-refractivity contribution < 1.29 is 13.2 Å². The first kappa shape index (κ1) is 15.4. The van der Waals surface area contributed by atoms with Gasteiger partial charge in [-0.15, -0.1) is 0 Å². The number of nitrogens with one attached hydrogen (secondary N) is 1. The number of sulfone groups is 1. The summed E-state index contributed by atoms with van der Waals surface area (Å²) in [6.07, 6.45) is 3.28. The molecule has 2 unspecified atom stereocenters. The van der Waals surface area contributed by atoms with Crippen LogP contribution in [0.25, 0.3) is 0 Å². The predicted octanol–water partition coefficient (Wildman–Crippen LogP) is 0.409. The highest BCUT2D eigenvalue weighted by Gasteiger charge is 2.31. The van der Waals surface area contributed by atoms with E-state index in [1.165, 1.54) is 6.92 Å². The van der Waals surface area contributed by atoms with Crippen molar-refractivity contribution in [1.82, 2.24) is 10.2 Å². The molecule has 1 N–H and O–H groups in total. The van der Waals surface area contributed by atoms with Gasteiger partial charge in [0.15, 0.2) is 9.84 Å². The summed E-state index contributed by atoms with van der Waals surface area (Å²) in [5, 5.41) is 2.37. The van der Waals surface area contributed by atoms with Crippen LogP contribution in [0.5, 0.6) is 0 Å². The van der Waals surface area contributed by atoms with Crippen LogP contribution in [0.3, 0.4) is 0 Å². The van der Waals surface area contributed by atoms with Crippen LogP contribution in [0.15, 0.2) is 0 Å². The zero-order valence-corrected chi connectivity index (χ0v) is 12.5. The molecule has 6 heteroatoms. The van der Waals surface area contributed by atoms with E-state index in [0.717, 1.165) is 25.6 Å². The van der Waals surface area contributed by atoms with E-state index in [-0.39, 0.29) is 11.9 Å². The molecule has 106 valence electrons. The fraction of sp³-hybridized carbons (Fsp3) is 0.917. The lowest BCUT2D eigenvalue weighted by Gasteiger charge is -2.31. The molecule has 0 radical (unpaired) electrons. The third-order valence-electron chi connectivity index (χ3n) is 3.48. The molecule has 1 saturated heterocycles. The summed E-state index contributed by atoms with van der Waals surface area (Å²) in [6, 6.07) is 0.312. The molecule has 1 amide bonds. The SMILES string of the molecule is CC(C)N(CC1CCCN1)C(=O)C(C)S(C)(=O)=O. The minimum Gasteiger partial charge on any atom is -0.338 e. The maximum absolute atomic E-state index is 12.2. The molecule has 5 nitrogen and oxygen atoms in total. The molecule has 2 atom stereocenters. The van der Waals surface area contributed by atoms with E-state index >= 15 is 0 Å². The number of nitrogens with zero attached hydrogens (tertiary/aromatic N) is 1. The Morgan fingerprint density at radius 3 is 2.39 bits per heavy atom. The minimum absolute atomic E-state index is 0.0177. The topological polar surface area (TPSA) is 66.5 Å². The quantitative estimate of drug-likeness (QED) is 0.790. The summed E-state index contributed by atoms with van der Waals surface area (Å²) in [6.45, 7) is 6.88. The summed E-state index contributed by atoms with van der Waals surface area (Å²) in [5.74, 6) is -0.291. The lowest BCUT2D eigenvalue weighted by atomic mass is 10.2. The average molecular weight is 276 g/mol. The third kappa shape index (κ3) is 3.95. The molecular weight excluding hydrogens is 252 g/mol. The van der Waals surface area contributed by atoms with Gasteiger partial charge in [0, 0.05) is 24.9 Å². The van der Waals surface area contributed by atoms with Crippen LogP contribution < -0.4 is 5.32 Å². The summed E-state index contributed by atoms with van der Waals surface area (Å²) in [7, 11) is -3.33. The van der Waals surface area contributed by atoms with E-state index in [9.17, 15) is 13.2 Å². The van der Waals surface area contributed by atoms with E-state index in [1.54, 1.807) is 4.90 Å². The molecule has 0 aliphatic carbocycles. The number of hydrogen-bond donors (Lipinski definition) is 1. The Morgan fingerprint density at radius 1 is 1.39 bits per heavy atom. The minimum atomic E-state index is -3.33. The maximum atomic E-state index is 12.2. The van der Waals surface area contributed by atoms with Crippen LogP contribution >= 0.6 is 0 Å². The van der Waals surface area contributed by atoms with E-state index in [1.807, 2.05) is 13.8 Å². The van der Waals surface area contributed by atoms with Gasteiger partial charge < -0.3 is 10.2 Å². The second kappa shape index (κ2) is 6.02. The van der Waals surface area contributed by atoms with E-state index in [0.29, 0.717) is 12.6 Å². The van der Waals surface area contributed by atoms with Crippen molar-refractivity contribution in [3.05, 3.63) is 0 Å². The van der Waals surface area contributed by atoms with Crippen molar-refractivity contribution in [1.29, 1.82) is 0 Å². The summed E-state index contributed by atoms with van der Waals surface area (Å²) >= 11 is 0. The Hall–Kier alpha value is -0.620. The first-order valence-corrected chi connectivity index (χ1v) is 8.41. The Balaban J connectivity index is 2.75. The zero-order chi connectivity index (χ0) is 13.9. The van der Waals surface area contributed by atoms with E-state index in [2.05, 4.69) is 5.32 Å². The number of hydrogen-bond acceptors (Lipinski definition) is 4. The van der Waals surface area contributed by atoms with Gasteiger partial charge >= 0.3 is 0 Å². The lowest BCUT2D eigenvalue weighted by Crippen LogP contribution is -2.49. The van der Waals surface area contributed by atoms with Crippen molar-refractivity contribution in [3.63, 3.8) is 0 Å². The van der Waals surface area contributed by atoms with Gasteiger partial charge in [-0.25, -0.2) is 8.42 Å². The van der Waals surface area contributed by atoms with Gasteiger partial charge in [-0.3, -0.25) is 4.79 Å². The standard InChI is InChI=1S/C12H24N2O3S/c1-9(2)14(8-11-6-5-7-13-11)12(15)10(3)18(4,16)17/h9-11,13H,5-8H2,1-4H3. The molecule has 1 aliphatic rings. The summed E-state index contributed by atoms with van der Waals surface area (Å²) in [4.78, 5) is 13.9. The molecule has 18 heavy (non-hydrogen) atoms. The lowest BCUT2D eigenvalue weighted by molar-refractivity contribution is -0.132. The number of amides is 1. The van der Waals surface area contributed by atoms with E-state index in [4.69, 9.17) is 0 Å². The number of rotatable bonds is 5. The first-order chi connectivity index (χ1) is 8.23. The van der Waals surface area contributed by atoms with Crippen LogP contribution in [-0.2, 0) is 14.6 Å². The Morgan fingerprint density at radius 2 is 2.00 bits per heavy atom. The molecule has 1 heterocycles. The normalized spacial score (nSPS) is 22.2. The van der Waals surface area contributed by atoms with Crippen molar-refractivity contribution in [2.24, 2.45) is 0 Å². The zero-order valence-electron chi connectivity index (χ0n) is 11.6. The van der Waals surface area contributed by atoms with Gasteiger partial charge in [0.1, 0.15) is 5.25 Å². The van der Waals surface area contributed by atoms with Gasteiger partial charge in [-0.1, -0.05) is 0 Å². The number of carbonyl (C=O) groups excluding carboxylic acids is 1. The predicted molar refractivity (Wildman–Crippen MR) is 72.2 cm³/mol. The van der Waals surface area contributed by atoms with Gasteiger partial charge in [0.05, 0.1) is 0 Å². The van der Waals surface area contributed by atoms with Crippen LogP contribution in [0.2, 0.25) is 0 Å². The fourth-order valence-corrected chi connectivity index (χ4v) is 2.62. The fourth-order valence-electron chi connectivity index (χ4n) is 2.12. The third-order valence-corrected chi connectivity index (χ3v) is 4.96. The highest BCUT2D eigenvalue weighted by molar-refractivity contribution is 7.92. The molecule has 0 aromatic carbocycles. The van der Waals surface area contributed by atoms with Gasteiger partial charge in [0.25, 0.3) is 0 Å². The van der Waals surface area contributed by atoms with Gasteiger partial charge in [-0.05, 0) is 40.2 Å².